The van der Waals surface area contributed by atoms with Crippen molar-refractivity contribution in [2.24, 2.45) is 5.41 Å². The average Bonchev–Trinajstić information content (AvgIpc) is 2.98. The first kappa shape index (κ1) is 16.3. The molecule has 1 spiro atoms. The molecule has 4 heteroatoms. The molecule has 0 unspecified atom stereocenters. The largest absolute Gasteiger partial charge is 0.338 e. The van der Waals surface area contributed by atoms with Crippen molar-refractivity contribution in [2.45, 2.75) is 19.3 Å². The number of likely N-dealkylation sites (tertiary alicyclic amines) is 1. The van der Waals surface area contributed by atoms with E-state index in [1.165, 1.54) is 12.8 Å². The molecule has 2 aliphatic rings. The lowest BCUT2D eigenvalue weighted by molar-refractivity contribution is 0.0764. The number of rotatable bonds is 1. The zero-order valence-corrected chi connectivity index (χ0v) is 14.1. The number of halogens is 1. The van der Waals surface area contributed by atoms with Gasteiger partial charge in [0, 0.05) is 18.7 Å². The van der Waals surface area contributed by atoms with Crippen LogP contribution in [0.4, 0.5) is 0 Å². The van der Waals surface area contributed by atoms with Crippen LogP contribution in [0, 0.1) is 5.41 Å². The molecule has 4 rings (SSSR count). The number of nitrogens with zero attached hydrogens (tertiary/aromatic N) is 1. The Morgan fingerprint density at radius 2 is 1.74 bits per heavy atom. The molecule has 0 bridgehead atoms. The van der Waals surface area contributed by atoms with Crippen molar-refractivity contribution in [1.29, 1.82) is 0 Å². The highest BCUT2D eigenvalue weighted by Gasteiger charge is 2.40. The Morgan fingerprint density at radius 3 is 2.57 bits per heavy atom. The van der Waals surface area contributed by atoms with Crippen LogP contribution in [0.2, 0.25) is 0 Å². The number of nitrogens with one attached hydrogen (secondary N) is 1. The van der Waals surface area contributed by atoms with Crippen LogP contribution in [0.1, 0.15) is 29.6 Å². The molecule has 2 aliphatic heterocycles. The summed E-state index contributed by atoms with van der Waals surface area (Å²) in [5, 5.41) is 5.65. The first-order valence-electron chi connectivity index (χ1n) is 8.25. The predicted octanol–water partition coefficient (Wildman–Crippen LogP) is 3.48. The van der Waals surface area contributed by atoms with Crippen LogP contribution in [0.25, 0.3) is 10.8 Å². The first-order chi connectivity index (χ1) is 10.8. The minimum atomic E-state index is 0. The quantitative estimate of drug-likeness (QED) is 0.868. The van der Waals surface area contributed by atoms with Crippen molar-refractivity contribution >= 4 is 29.1 Å². The highest BCUT2D eigenvalue weighted by Crippen LogP contribution is 2.39. The molecule has 0 aromatic heterocycles. The van der Waals surface area contributed by atoms with Gasteiger partial charge >= 0.3 is 0 Å². The summed E-state index contributed by atoms with van der Waals surface area (Å²) in [6.45, 7) is 4.02. The molecule has 2 saturated heterocycles. The van der Waals surface area contributed by atoms with Crippen molar-refractivity contribution in [2.75, 3.05) is 26.2 Å². The fourth-order valence-electron chi connectivity index (χ4n) is 4.06. The topological polar surface area (TPSA) is 32.3 Å². The lowest BCUT2D eigenvalue weighted by Gasteiger charge is -2.33. The molecule has 2 aromatic carbocycles. The van der Waals surface area contributed by atoms with Gasteiger partial charge in [-0.05, 0) is 54.6 Å². The number of hydrogen-bond donors (Lipinski definition) is 1. The Balaban J connectivity index is 0.00000156. The van der Waals surface area contributed by atoms with Crippen molar-refractivity contribution < 1.29 is 4.79 Å². The van der Waals surface area contributed by atoms with Crippen LogP contribution in [0.15, 0.2) is 42.5 Å². The third-order valence-corrected chi connectivity index (χ3v) is 5.41. The highest BCUT2D eigenvalue weighted by molar-refractivity contribution is 6.07. The highest BCUT2D eigenvalue weighted by atomic mass is 35.5. The molecule has 1 amide bonds. The molecule has 1 N–H and O–H groups in total. The Kier molecular flexibility index (Phi) is 4.60. The third kappa shape index (κ3) is 2.96. The predicted molar refractivity (Wildman–Crippen MR) is 96.3 cm³/mol. The Bertz CT molecular complexity index is 704. The molecule has 0 saturated carbocycles. The van der Waals surface area contributed by atoms with Gasteiger partial charge in [-0.3, -0.25) is 4.79 Å². The Labute approximate surface area is 143 Å². The van der Waals surface area contributed by atoms with Crippen LogP contribution in [-0.4, -0.2) is 37.0 Å². The Morgan fingerprint density at radius 1 is 1.00 bits per heavy atom. The molecule has 0 aliphatic carbocycles. The molecule has 122 valence electrons. The fourth-order valence-corrected chi connectivity index (χ4v) is 4.06. The van der Waals surface area contributed by atoms with Gasteiger partial charge in [0.2, 0.25) is 0 Å². The van der Waals surface area contributed by atoms with Crippen LogP contribution in [0.3, 0.4) is 0 Å². The minimum absolute atomic E-state index is 0. The summed E-state index contributed by atoms with van der Waals surface area (Å²) in [6.07, 6.45) is 3.56. The van der Waals surface area contributed by atoms with E-state index in [0.29, 0.717) is 5.41 Å². The van der Waals surface area contributed by atoms with Gasteiger partial charge in [0.25, 0.3) is 5.91 Å². The van der Waals surface area contributed by atoms with Crippen molar-refractivity contribution in [3.63, 3.8) is 0 Å². The second kappa shape index (κ2) is 6.50. The second-order valence-corrected chi connectivity index (χ2v) is 6.75. The Hall–Kier alpha value is -1.58. The summed E-state index contributed by atoms with van der Waals surface area (Å²) < 4.78 is 0. The van der Waals surface area contributed by atoms with Crippen molar-refractivity contribution in [1.82, 2.24) is 10.2 Å². The second-order valence-electron chi connectivity index (χ2n) is 6.75. The van der Waals surface area contributed by atoms with Gasteiger partial charge in [-0.15, -0.1) is 12.4 Å². The first-order valence-corrected chi connectivity index (χ1v) is 8.25. The van der Waals surface area contributed by atoms with Gasteiger partial charge in [-0.2, -0.15) is 0 Å². The van der Waals surface area contributed by atoms with E-state index >= 15 is 0 Å². The van der Waals surface area contributed by atoms with E-state index in [1.54, 1.807) is 0 Å². The average molecular weight is 331 g/mol. The lowest BCUT2D eigenvalue weighted by atomic mass is 9.78. The summed E-state index contributed by atoms with van der Waals surface area (Å²) in [4.78, 5) is 15.1. The molecule has 2 fully saturated rings. The summed E-state index contributed by atoms with van der Waals surface area (Å²) in [7, 11) is 0. The number of fused-ring (bicyclic) bond motifs is 1. The lowest BCUT2D eigenvalue weighted by Crippen LogP contribution is -2.39. The number of hydrogen-bond acceptors (Lipinski definition) is 2. The number of benzene rings is 2. The molecule has 0 atom stereocenters. The van der Waals surface area contributed by atoms with Crippen LogP contribution in [-0.2, 0) is 0 Å². The number of piperidine rings is 1. The molecule has 2 heterocycles. The minimum Gasteiger partial charge on any atom is -0.338 e. The molecular weight excluding hydrogens is 308 g/mol. The van der Waals surface area contributed by atoms with Crippen LogP contribution < -0.4 is 5.32 Å². The number of amides is 1. The maximum atomic E-state index is 13.0. The SMILES string of the molecule is Cl.O=C(c1cccc2ccccc12)N1CCC2(CCNCC2)C1. The summed E-state index contributed by atoms with van der Waals surface area (Å²) in [6, 6.07) is 14.2. The summed E-state index contributed by atoms with van der Waals surface area (Å²) in [5.74, 6) is 0.201. The molecular formula is C19H23ClN2O. The van der Waals surface area contributed by atoms with Gasteiger partial charge in [-0.1, -0.05) is 36.4 Å². The monoisotopic (exact) mass is 330 g/mol. The van der Waals surface area contributed by atoms with Crippen molar-refractivity contribution in [3.05, 3.63) is 48.0 Å². The smallest absolute Gasteiger partial charge is 0.254 e. The van der Waals surface area contributed by atoms with Gasteiger partial charge in [0.1, 0.15) is 0 Å². The molecule has 3 nitrogen and oxygen atoms in total. The maximum Gasteiger partial charge on any atom is 0.254 e. The van der Waals surface area contributed by atoms with E-state index in [9.17, 15) is 4.79 Å². The van der Waals surface area contributed by atoms with E-state index in [-0.39, 0.29) is 18.3 Å². The van der Waals surface area contributed by atoms with Crippen LogP contribution in [0.5, 0.6) is 0 Å². The number of carbonyl (C=O) groups excluding carboxylic acids is 1. The van der Waals surface area contributed by atoms with Gasteiger partial charge in [-0.25, -0.2) is 0 Å². The van der Waals surface area contributed by atoms with Crippen LogP contribution >= 0.6 is 12.4 Å². The number of carbonyl (C=O) groups is 1. The summed E-state index contributed by atoms with van der Waals surface area (Å²) >= 11 is 0. The van der Waals surface area contributed by atoms with E-state index < -0.39 is 0 Å². The van der Waals surface area contributed by atoms with Crippen molar-refractivity contribution in [3.8, 4) is 0 Å². The zero-order chi connectivity index (χ0) is 15.0. The van der Waals surface area contributed by atoms with Gasteiger partial charge < -0.3 is 10.2 Å². The van der Waals surface area contributed by atoms with E-state index in [2.05, 4.69) is 28.4 Å². The van der Waals surface area contributed by atoms with E-state index in [4.69, 9.17) is 0 Å². The normalized spacial score (nSPS) is 19.7. The van der Waals surface area contributed by atoms with Gasteiger partial charge in [0.05, 0.1) is 0 Å². The molecule has 2 aromatic rings. The third-order valence-electron chi connectivity index (χ3n) is 5.41. The summed E-state index contributed by atoms with van der Waals surface area (Å²) in [5.41, 5.74) is 1.22. The van der Waals surface area contributed by atoms with E-state index in [0.717, 1.165) is 48.9 Å². The zero-order valence-electron chi connectivity index (χ0n) is 13.3. The standard InChI is InChI=1S/C19H22N2O.ClH/c22-18(17-7-3-5-15-4-1-2-6-16(15)17)21-13-10-19(14-21)8-11-20-12-9-19;/h1-7,20H,8-14H2;1H. The van der Waals surface area contributed by atoms with E-state index in [1.807, 2.05) is 24.3 Å². The fraction of sp³-hybridized carbons (Fsp3) is 0.421. The molecule has 23 heavy (non-hydrogen) atoms. The maximum absolute atomic E-state index is 13.0. The molecule has 0 radical (unpaired) electrons. The van der Waals surface area contributed by atoms with Gasteiger partial charge in [0.15, 0.2) is 0 Å².